The number of methoxy groups -OCH3 is 2. The molecule has 3 aromatic carbocycles. The number of benzene rings is 3. The van der Waals surface area contributed by atoms with E-state index in [9.17, 15) is 14.0 Å². The van der Waals surface area contributed by atoms with Crippen molar-refractivity contribution < 1.29 is 23.5 Å². The van der Waals surface area contributed by atoms with Crippen LogP contribution in [0.2, 0.25) is 0 Å². The Hall–Kier alpha value is -3.98. The van der Waals surface area contributed by atoms with Gasteiger partial charge in [0.2, 0.25) is 5.91 Å². The average molecular weight is 508 g/mol. The Morgan fingerprint density at radius 2 is 1.69 bits per heavy atom. The fourth-order valence-electron chi connectivity index (χ4n) is 4.05. The highest BCUT2D eigenvalue weighted by molar-refractivity contribution is 7.80. The summed E-state index contributed by atoms with van der Waals surface area (Å²) in [6, 6.07) is 19.4. The average Bonchev–Trinajstić information content (AvgIpc) is 3.12. The minimum atomic E-state index is -0.786. The summed E-state index contributed by atoms with van der Waals surface area (Å²) in [7, 11) is 3.11. The summed E-state index contributed by atoms with van der Waals surface area (Å²) in [5.41, 5.74) is 2.06. The lowest BCUT2D eigenvalue weighted by Crippen LogP contribution is -2.39. The minimum Gasteiger partial charge on any atom is -0.497 e. The normalized spacial score (nSPS) is 15.2. The molecule has 1 N–H and O–H groups in total. The molecule has 0 unspecified atom stereocenters. The maximum atomic E-state index is 13.5. The molecule has 1 aliphatic rings. The highest BCUT2D eigenvalue weighted by Gasteiger charge is 2.43. The molecule has 0 aliphatic carbocycles. The molecule has 1 fully saturated rings. The van der Waals surface area contributed by atoms with Gasteiger partial charge in [0.25, 0.3) is 5.91 Å². The van der Waals surface area contributed by atoms with E-state index in [-0.39, 0.29) is 24.1 Å². The quantitative estimate of drug-likeness (QED) is 0.433. The standard InChI is InChI=1S/C27H26FN3O4S/c1-34-22-12-10-21(11-13-22)31-26(33)24(17-25(32)29-20-4-3-5-23(16-20)35-2)30(27(31)36)15-14-18-6-8-19(28)9-7-18/h3-13,16,24H,14-15,17H2,1-2H3,(H,29,32)/t24-/m1/s1. The third kappa shape index (κ3) is 5.63. The van der Waals surface area contributed by atoms with E-state index in [2.05, 4.69) is 5.32 Å². The van der Waals surface area contributed by atoms with Gasteiger partial charge < -0.3 is 19.7 Å². The summed E-state index contributed by atoms with van der Waals surface area (Å²) in [6.07, 6.45) is 0.435. The van der Waals surface area contributed by atoms with Crippen molar-refractivity contribution >= 4 is 40.5 Å². The first kappa shape index (κ1) is 25.1. The molecule has 3 aromatic rings. The predicted molar refractivity (Wildman–Crippen MR) is 140 cm³/mol. The highest BCUT2D eigenvalue weighted by atomic mass is 32.1. The predicted octanol–water partition coefficient (Wildman–Crippen LogP) is 4.42. The Balaban J connectivity index is 1.55. The first-order valence-corrected chi connectivity index (χ1v) is 11.8. The van der Waals surface area contributed by atoms with E-state index >= 15 is 0 Å². The molecule has 0 saturated carbocycles. The van der Waals surface area contributed by atoms with E-state index in [0.29, 0.717) is 41.0 Å². The topological polar surface area (TPSA) is 71.1 Å². The number of ether oxygens (including phenoxy) is 2. The molecule has 1 atom stereocenters. The number of carbonyl (C=O) groups excluding carboxylic acids is 2. The van der Waals surface area contributed by atoms with E-state index < -0.39 is 6.04 Å². The fourth-order valence-corrected chi connectivity index (χ4v) is 4.46. The van der Waals surface area contributed by atoms with Crippen LogP contribution in [0.15, 0.2) is 72.8 Å². The second kappa shape index (κ2) is 11.2. The minimum absolute atomic E-state index is 0.0910. The molecule has 0 bridgehead atoms. The van der Waals surface area contributed by atoms with E-state index in [1.807, 2.05) is 0 Å². The Bertz CT molecular complexity index is 1250. The van der Waals surface area contributed by atoms with Crippen molar-refractivity contribution in [2.75, 3.05) is 31.0 Å². The lowest BCUT2D eigenvalue weighted by molar-refractivity contribution is -0.124. The summed E-state index contributed by atoms with van der Waals surface area (Å²) in [4.78, 5) is 29.7. The van der Waals surface area contributed by atoms with Crippen LogP contribution < -0.4 is 19.7 Å². The second-order valence-corrected chi connectivity index (χ2v) is 8.59. The molecule has 186 valence electrons. The van der Waals surface area contributed by atoms with Crippen LogP contribution in [0, 0.1) is 5.82 Å². The van der Waals surface area contributed by atoms with Crippen molar-refractivity contribution in [2.45, 2.75) is 18.9 Å². The molecular formula is C27H26FN3O4S. The van der Waals surface area contributed by atoms with Gasteiger partial charge in [-0.05, 0) is 72.7 Å². The fraction of sp³-hybridized carbons (Fsp3) is 0.222. The molecule has 0 aromatic heterocycles. The number of nitrogens with zero attached hydrogens (tertiary/aromatic N) is 2. The van der Waals surface area contributed by atoms with Gasteiger partial charge in [0.05, 0.1) is 26.3 Å². The lowest BCUT2D eigenvalue weighted by Gasteiger charge is -2.24. The molecule has 1 heterocycles. The Labute approximate surface area is 214 Å². The number of amides is 2. The van der Waals surface area contributed by atoms with Crippen LogP contribution >= 0.6 is 12.2 Å². The first-order valence-electron chi connectivity index (χ1n) is 11.4. The Morgan fingerprint density at radius 3 is 2.36 bits per heavy atom. The maximum Gasteiger partial charge on any atom is 0.256 e. The van der Waals surface area contributed by atoms with E-state index in [4.69, 9.17) is 21.7 Å². The summed E-state index contributed by atoms with van der Waals surface area (Å²) in [5, 5.41) is 3.14. The molecule has 1 aliphatic heterocycles. The summed E-state index contributed by atoms with van der Waals surface area (Å²) >= 11 is 5.70. The van der Waals surface area contributed by atoms with Crippen molar-refractivity contribution in [2.24, 2.45) is 0 Å². The van der Waals surface area contributed by atoms with E-state index in [0.717, 1.165) is 5.56 Å². The van der Waals surface area contributed by atoms with E-state index in [1.54, 1.807) is 79.8 Å². The van der Waals surface area contributed by atoms with Gasteiger partial charge in [-0.15, -0.1) is 0 Å². The highest BCUT2D eigenvalue weighted by Crippen LogP contribution is 2.29. The van der Waals surface area contributed by atoms with Gasteiger partial charge in [-0.25, -0.2) is 4.39 Å². The molecule has 7 nitrogen and oxygen atoms in total. The van der Waals surface area contributed by atoms with Gasteiger partial charge in [-0.3, -0.25) is 14.5 Å². The van der Waals surface area contributed by atoms with Gasteiger partial charge in [0, 0.05) is 18.3 Å². The van der Waals surface area contributed by atoms with Crippen LogP contribution in [-0.4, -0.2) is 48.6 Å². The lowest BCUT2D eigenvalue weighted by atomic mass is 10.1. The van der Waals surface area contributed by atoms with Gasteiger partial charge >= 0.3 is 0 Å². The third-order valence-corrected chi connectivity index (χ3v) is 6.35. The molecular weight excluding hydrogens is 481 g/mol. The number of carbonyl (C=O) groups is 2. The first-order chi connectivity index (χ1) is 17.4. The number of halogens is 1. The van der Waals surface area contributed by atoms with Crippen molar-refractivity contribution in [1.29, 1.82) is 0 Å². The molecule has 2 amide bonds. The van der Waals surface area contributed by atoms with Crippen LogP contribution in [0.4, 0.5) is 15.8 Å². The molecule has 36 heavy (non-hydrogen) atoms. The van der Waals surface area contributed by atoms with Crippen LogP contribution in [0.3, 0.4) is 0 Å². The Kier molecular flexibility index (Phi) is 7.80. The van der Waals surface area contributed by atoms with Crippen molar-refractivity contribution in [3.05, 3.63) is 84.2 Å². The number of hydrogen-bond acceptors (Lipinski definition) is 5. The zero-order valence-corrected chi connectivity index (χ0v) is 20.8. The van der Waals surface area contributed by atoms with Gasteiger partial charge in [0.1, 0.15) is 23.4 Å². The number of hydrogen-bond donors (Lipinski definition) is 1. The second-order valence-electron chi connectivity index (χ2n) is 8.22. The molecule has 9 heteroatoms. The zero-order valence-electron chi connectivity index (χ0n) is 19.9. The van der Waals surface area contributed by atoms with E-state index in [1.165, 1.54) is 17.0 Å². The Morgan fingerprint density at radius 1 is 1.00 bits per heavy atom. The van der Waals surface area contributed by atoms with Crippen LogP contribution in [0.1, 0.15) is 12.0 Å². The number of thiocarbonyl (C=S) groups is 1. The van der Waals surface area contributed by atoms with Gasteiger partial charge in [-0.1, -0.05) is 18.2 Å². The van der Waals surface area contributed by atoms with Crippen LogP contribution in [-0.2, 0) is 16.0 Å². The molecule has 1 saturated heterocycles. The largest absolute Gasteiger partial charge is 0.497 e. The molecule has 4 rings (SSSR count). The summed E-state index contributed by atoms with van der Waals surface area (Å²) in [5.74, 6) is 0.331. The van der Waals surface area contributed by atoms with Gasteiger partial charge in [0.15, 0.2) is 5.11 Å². The van der Waals surface area contributed by atoms with Crippen LogP contribution in [0.5, 0.6) is 11.5 Å². The molecule has 0 spiro atoms. The SMILES string of the molecule is COc1ccc(N2C(=O)[C@@H](CC(=O)Nc3cccc(OC)c3)N(CCc3ccc(F)cc3)C2=S)cc1. The van der Waals surface area contributed by atoms with Crippen molar-refractivity contribution in [3.63, 3.8) is 0 Å². The zero-order chi connectivity index (χ0) is 25.7. The third-order valence-electron chi connectivity index (χ3n) is 5.94. The number of anilines is 2. The summed E-state index contributed by atoms with van der Waals surface area (Å²) in [6.45, 7) is 0.389. The van der Waals surface area contributed by atoms with Crippen LogP contribution in [0.25, 0.3) is 0 Å². The number of nitrogens with one attached hydrogen (secondary N) is 1. The van der Waals surface area contributed by atoms with Crippen molar-refractivity contribution in [1.82, 2.24) is 4.90 Å². The number of rotatable bonds is 9. The maximum absolute atomic E-state index is 13.5. The van der Waals surface area contributed by atoms with Gasteiger partial charge in [-0.2, -0.15) is 0 Å². The smallest absolute Gasteiger partial charge is 0.256 e. The monoisotopic (exact) mass is 507 g/mol. The molecule has 0 radical (unpaired) electrons. The van der Waals surface area contributed by atoms with Crippen molar-refractivity contribution in [3.8, 4) is 11.5 Å². The summed E-state index contributed by atoms with van der Waals surface area (Å²) < 4.78 is 23.7.